The second kappa shape index (κ2) is 10.7. The van der Waals surface area contributed by atoms with E-state index in [2.05, 4.69) is 47.6 Å². The largest absolute Gasteiger partial charge is 0.497 e. The van der Waals surface area contributed by atoms with Gasteiger partial charge in [0.2, 0.25) is 0 Å². The number of ether oxygens (including phenoxy) is 1. The van der Waals surface area contributed by atoms with Gasteiger partial charge in [-0.3, -0.25) is 15.1 Å². The molecule has 0 atom stereocenters. The summed E-state index contributed by atoms with van der Waals surface area (Å²) in [5.41, 5.74) is 6.85. The summed E-state index contributed by atoms with van der Waals surface area (Å²) >= 11 is 0. The van der Waals surface area contributed by atoms with Crippen LogP contribution in [0.1, 0.15) is 31.2 Å². The zero-order valence-electron chi connectivity index (χ0n) is 22.6. The van der Waals surface area contributed by atoms with Gasteiger partial charge in [0.25, 0.3) is 0 Å². The van der Waals surface area contributed by atoms with E-state index < -0.39 is 5.82 Å². The van der Waals surface area contributed by atoms with E-state index in [-0.39, 0.29) is 0 Å². The van der Waals surface area contributed by atoms with Gasteiger partial charge in [-0.1, -0.05) is 12.8 Å². The number of rotatable bonds is 8. The lowest BCUT2D eigenvalue weighted by molar-refractivity contribution is 0.411. The van der Waals surface area contributed by atoms with E-state index in [0.29, 0.717) is 39.7 Å². The molecule has 0 bridgehead atoms. The van der Waals surface area contributed by atoms with Gasteiger partial charge in [-0.2, -0.15) is 5.10 Å². The predicted octanol–water partition coefficient (Wildman–Crippen LogP) is 6.05. The molecule has 41 heavy (non-hydrogen) atoms. The van der Waals surface area contributed by atoms with E-state index in [9.17, 15) is 4.39 Å². The SMILES string of the molecule is COc1cc(F)cc(-c2nccc3[nH]c(-c4n[nH]c5ncc(-c6cncc(CNCC7CCCC7)c6)cc45)nc23)c1. The van der Waals surface area contributed by atoms with Crippen molar-refractivity contribution < 1.29 is 9.13 Å². The molecule has 3 N–H and O–H groups in total. The van der Waals surface area contributed by atoms with Gasteiger partial charge in [-0.25, -0.2) is 14.4 Å². The van der Waals surface area contributed by atoms with Crippen LogP contribution in [-0.2, 0) is 6.54 Å². The molecule has 5 aromatic heterocycles. The number of nitrogens with zero attached hydrogens (tertiary/aromatic N) is 5. The van der Waals surface area contributed by atoms with Gasteiger partial charge in [-0.05, 0) is 61.2 Å². The van der Waals surface area contributed by atoms with Gasteiger partial charge < -0.3 is 15.0 Å². The summed E-state index contributed by atoms with van der Waals surface area (Å²) in [6.07, 6.45) is 12.6. The van der Waals surface area contributed by atoms with Crippen molar-refractivity contribution in [1.82, 2.24) is 40.4 Å². The van der Waals surface area contributed by atoms with E-state index in [1.165, 1.54) is 44.9 Å². The molecule has 9 nitrogen and oxygen atoms in total. The van der Waals surface area contributed by atoms with Crippen molar-refractivity contribution in [2.24, 2.45) is 5.92 Å². The maximum absolute atomic E-state index is 14.3. The molecule has 0 aliphatic heterocycles. The summed E-state index contributed by atoms with van der Waals surface area (Å²) in [5, 5.41) is 12.0. The fourth-order valence-corrected chi connectivity index (χ4v) is 5.70. The van der Waals surface area contributed by atoms with Gasteiger partial charge in [0.05, 0.1) is 23.7 Å². The Balaban J connectivity index is 1.21. The van der Waals surface area contributed by atoms with Gasteiger partial charge >= 0.3 is 0 Å². The van der Waals surface area contributed by atoms with Crippen LogP contribution in [0.3, 0.4) is 0 Å². The van der Waals surface area contributed by atoms with Crippen molar-refractivity contribution in [1.29, 1.82) is 0 Å². The molecule has 1 aliphatic rings. The first kappa shape index (κ1) is 25.3. The molecule has 10 heteroatoms. The molecule has 206 valence electrons. The van der Waals surface area contributed by atoms with Crippen LogP contribution in [0.5, 0.6) is 5.75 Å². The van der Waals surface area contributed by atoms with E-state index >= 15 is 0 Å². The third-order valence-electron chi connectivity index (χ3n) is 7.79. The molecule has 1 aromatic carbocycles. The number of benzene rings is 1. The molecule has 0 unspecified atom stereocenters. The van der Waals surface area contributed by atoms with Crippen molar-refractivity contribution in [2.45, 2.75) is 32.2 Å². The van der Waals surface area contributed by atoms with Crippen molar-refractivity contribution >= 4 is 22.1 Å². The predicted molar refractivity (Wildman–Crippen MR) is 156 cm³/mol. The van der Waals surface area contributed by atoms with Crippen LogP contribution < -0.4 is 10.1 Å². The topological polar surface area (TPSA) is 117 Å². The fourth-order valence-electron chi connectivity index (χ4n) is 5.70. The van der Waals surface area contributed by atoms with Crippen molar-refractivity contribution in [3.05, 3.63) is 72.6 Å². The minimum atomic E-state index is -0.408. The Hall–Kier alpha value is -4.70. The number of aromatic amines is 2. The highest BCUT2D eigenvalue weighted by molar-refractivity contribution is 5.96. The number of pyridine rings is 3. The summed E-state index contributed by atoms with van der Waals surface area (Å²) in [7, 11) is 1.50. The number of fused-ring (bicyclic) bond motifs is 2. The van der Waals surface area contributed by atoms with Gasteiger partial charge in [0, 0.05) is 54.1 Å². The smallest absolute Gasteiger partial charge is 0.159 e. The van der Waals surface area contributed by atoms with Gasteiger partial charge in [-0.15, -0.1) is 0 Å². The van der Waals surface area contributed by atoms with E-state index in [4.69, 9.17) is 9.72 Å². The molecule has 7 rings (SSSR count). The number of nitrogens with one attached hydrogen (secondary N) is 3. The Morgan fingerprint density at radius 3 is 2.73 bits per heavy atom. The van der Waals surface area contributed by atoms with Crippen LogP contribution in [0.4, 0.5) is 4.39 Å². The maximum Gasteiger partial charge on any atom is 0.159 e. The number of imidazole rings is 1. The van der Waals surface area contributed by atoms with Crippen LogP contribution in [-0.4, -0.2) is 48.8 Å². The van der Waals surface area contributed by atoms with Crippen molar-refractivity contribution in [3.8, 4) is 39.7 Å². The third-order valence-corrected chi connectivity index (χ3v) is 7.79. The zero-order chi connectivity index (χ0) is 27.8. The molecule has 5 heterocycles. The lowest BCUT2D eigenvalue weighted by Crippen LogP contribution is -2.20. The Labute approximate surface area is 235 Å². The lowest BCUT2D eigenvalue weighted by Gasteiger charge is -2.11. The van der Waals surface area contributed by atoms with Crippen molar-refractivity contribution in [2.75, 3.05) is 13.7 Å². The minimum absolute atomic E-state index is 0.408. The maximum atomic E-state index is 14.3. The second-order valence-electron chi connectivity index (χ2n) is 10.6. The highest BCUT2D eigenvalue weighted by Crippen LogP contribution is 2.33. The molecule has 0 radical (unpaired) electrons. The first-order valence-corrected chi connectivity index (χ1v) is 13.8. The average molecular weight is 549 g/mol. The van der Waals surface area contributed by atoms with Gasteiger partial charge in [0.1, 0.15) is 22.8 Å². The molecule has 0 spiro atoms. The highest BCUT2D eigenvalue weighted by atomic mass is 19.1. The molecule has 1 aliphatic carbocycles. The number of hydrogen-bond donors (Lipinski definition) is 3. The summed E-state index contributed by atoms with van der Waals surface area (Å²) < 4.78 is 19.5. The Kier molecular flexibility index (Phi) is 6.60. The minimum Gasteiger partial charge on any atom is -0.497 e. The van der Waals surface area contributed by atoms with Crippen LogP contribution in [0.15, 0.2) is 61.2 Å². The lowest BCUT2D eigenvalue weighted by atomic mass is 10.1. The number of H-pyrrole nitrogens is 2. The summed E-state index contributed by atoms with van der Waals surface area (Å²) in [6, 6.07) is 10.5. The van der Waals surface area contributed by atoms with Crippen LogP contribution in [0.25, 0.3) is 56.0 Å². The quantitative estimate of drug-likeness (QED) is 0.212. The van der Waals surface area contributed by atoms with E-state index in [1.54, 1.807) is 12.3 Å². The average Bonchev–Trinajstić information content (AvgIpc) is 3.76. The standard InChI is InChI=1S/C31H29FN8O/c1-41-24-10-20(9-23(32)12-24)27-29-26(6-7-35-27)37-31(38-29)28-25-11-22(17-36-30(25)40-39-28)21-8-19(15-34-16-21)14-33-13-18-4-2-3-5-18/h6-12,15-18,33H,2-5,13-14H2,1H3,(H,37,38)(H,36,39,40). The number of methoxy groups -OCH3 is 1. The van der Waals surface area contributed by atoms with E-state index in [1.807, 2.05) is 24.7 Å². The van der Waals surface area contributed by atoms with Crippen LogP contribution in [0.2, 0.25) is 0 Å². The molecular weight excluding hydrogens is 519 g/mol. The normalized spacial score (nSPS) is 13.9. The first-order chi connectivity index (χ1) is 20.1. The van der Waals surface area contributed by atoms with Crippen molar-refractivity contribution in [3.63, 3.8) is 0 Å². The molecule has 0 amide bonds. The number of hydrogen-bond acceptors (Lipinski definition) is 7. The molecule has 1 fully saturated rings. The molecule has 1 saturated carbocycles. The first-order valence-electron chi connectivity index (χ1n) is 13.8. The summed E-state index contributed by atoms with van der Waals surface area (Å²) in [5.74, 6) is 1.36. The third kappa shape index (κ3) is 5.02. The zero-order valence-corrected chi connectivity index (χ0v) is 22.6. The number of halogens is 1. The Morgan fingerprint density at radius 2 is 1.85 bits per heavy atom. The molecule has 0 saturated heterocycles. The van der Waals surface area contributed by atoms with Crippen LogP contribution >= 0.6 is 0 Å². The summed E-state index contributed by atoms with van der Waals surface area (Å²) in [6.45, 7) is 1.84. The Morgan fingerprint density at radius 1 is 0.976 bits per heavy atom. The number of aromatic nitrogens is 7. The van der Waals surface area contributed by atoms with Crippen LogP contribution in [0, 0.1) is 11.7 Å². The fraction of sp³-hybridized carbons (Fsp3) is 0.258. The Bertz CT molecular complexity index is 1860. The summed E-state index contributed by atoms with van der Waals surface area (Å²) in [4.78, 5) is 21.8. The highest BCUT2D eigenvalue weighted by Gasteiger charge is 2.18. The molecule has 6 aromatic rings. The van der Waals surface area contributed by atoms with Gasteiger partial charge in [0.15, 0.2) is 11.5 Å². The second-order valence-corrected chi connectivity index (χ2v) is 10.6. The monoisotopic (exact) mass is 548 g/mol. The molecular formula is C31H29FN8O. The van der Waals surface area contributed by atoms with E-state index in [0.717, 1.165) is 46.6 Å².